The van der Waals surface area contributed by atoms with Crippen LogP contribution in [0.15, 0.2) is 29.3 Å². The molecule has 1 rings (SSSR count). The number of aryl methyl sites for hydroxylation is 1. The van der Waals surface area contributed by atoms with Gasteiger partial charge in [-0.05, 0) is 17.5 Å². The van der Waals surface area contributed by atoms with Gasteiger partial charge >= 0.3 is 0 Å². The van der Waals surface area contributed by atoms with Crippen LogP contribution < -0.4 is 0 Å². The summed E-state index contributed by atoms with van der Waals surface area (Å²) in [6.45, 7) is 2.16. The maximum Gasteiger partial charge on any atom is 0.0284 e. The fourth-order valence-corrected chi connectivity index (χ4v) is 1.12. The number of rotatable bonds is 2. The van der Waals surface area contributed by atoms with Crippen LogP contribution in [0.4, 0.5) is 0 Å². The molecule has 0 fully saturated rings. The quantitative estimate of drug-likeness (QED) is 0.569. The molecule has 1 aromatic carbocycles. The van der Waals surface area contributed by atoms with E-state index in [4.69, 9.17) is 0 Å². The van der Waals surface area contributed by atoms with Crippen LogP contribution in [0, 0.1) is 0 Å². The van der Waals surface area contributed by atoms with Gasteiger partial charge < -0.3 is 0 Å². The molecular formula is C10H13N. The normalized spacial score (nSPS) is 10.7. The van der Waals surface area contributed by atoms with Crippen LogP contribution in [-0.4, -0.2) is 13.3 Å². The molecule has 0 saturated heterocycles. The minimum Gasteiger partial charge on any atom is -0.296 e. The van der Waals surface area contributed by atoms with Crippen molar-refractivity contribution in [3.63, 3.8) is 0 Å². The van der Waals surface area contributed by atoms with Crippen molar-refractivity contribution >= 4 is 6.21 Å². The smallest absolute Gasteiger partial charge is 0.0284 e. The fourth-order valence-electron chi connectivity index (χ4n) is 1.12. The van der Waals surface area contributed by atoms with E-state index in [0.29, 0.717) is 0 Å². The molecule has 0 amide bonds. The summed E-state index contributed by atoms with van der Waals surface area (Å²) in [5.41, 5.74) is 2.59. The van der Waals surface area contributed by atoms with Gasteiger partial charge in [-0.15, -0.1) is 0 Å². The van der Waals surface area contributed by atoms with Gasteiger partial charge in [-0.25, -0.2) is 0 Å². The highest BCUT2D eigenvalue weighted by atomic mass is 14.6. The highest BCUT2D eigenvalue weighted by Gasteiger charge is 1.93. The minimum atomic E-state index is 1.07. The van der Waals surface area contributed by atoms with Crippen LogP contribution in [0.1, 0.15) is 18.1 Å². The zero-order chi connectivity index (χ0) is 8.10. The summed E-state index contributed by atoms with van der Waals surface area (Å²) in [6.07, 6.45) is 2.97. The van der Waals surface area contributed by atoms with E-state index in [-0.39, 0.29) is 0 Å². The van der Waals surface area contributed by atoms with Crippen molar-refractivity contribution in [3.05, 3.63) is 35.4 Å². The molecule has 0 aromatic heterocycles. The van der Waals surface area contributed by atoms with E-state index >= 15 is 0 Å². The first kappa shape index (κ1) is 7.99. The van der Waals surface area contributed by atoms with Gasteiger partial charge in [-0.3, -0.25) is 4.99 Å². The number of aliphatic imine (C=N–C) groups is 1. The molecule has 0 aliphatic rings. The van der Waals surface area contributed by atoms with Gasteiger partial charge in [-0.2, -0.15) is 0 Å². The van der Waals surface area contributed by atoms with E-state index in [9.17, 15) is 0 Å². The molecule has 0 heterocycles. The van der Waals surface area contributed by atoms with Gasteiger partial charge in [0.2, 0.25) is 0 Å². The largest absolute Gasteiger partial charge is 0.296 e. The third kappa shape index (κ3) is 1.90. The molecule has 1 aromatic rings. The summed E-state index contributed by atoms with van der Waals surface area (Å²) < 4.78 is 0. The first-order valence-corrected chi connectivity index (χ1v) is 3.88. The lowest BCUT2D eigenvalue weighted by Gasteiger charge is -1.99. The summed E-state index contributed by atoms with van der Waals surface area (Å²) in [4.78, 5) is 3.99. The lowest BCUT2D eigenvalue weighted by atomic mass is 10.1. The molecular weight excluding hydrogens is 134 g/mol. The van der Waals surface area contributed by atoms with Crippen molar-refractivity contribution in [2.75, 3.05) is 7.05 Å². The molecule has 1 heteroatoms. The van der Waals surface area contributed by atoms with Crippen molar-refractivity contribution in [1.29, 1.82) is 0 Å². The number of hydrogen-bond donors (Lipinski definition) is 0. The molecule has 0 spiro atoms. The summed E-state index contributed by atoms with van der Waals surface area (Å²) in [7, 11) is 1.80. The van der Waals surface area contributed by atoms with Crippen molar-refractivity contribution in [2.45, 2.75) is 13.3 Å². The summed E-state index contributed by atoms with van der Waals surface area (Å²) in [5, 5.41) is 0. The molecule has 0 N–H and O–H groups in total. The third-order valence-corrected chi connectivity index (χ3v) is 1.70. The molecule has 11 heavy (non-hydrogen) atoms. The standard InChI is InChI=1S/C10H13N/c1-3-9-6-4-5-7-10(9)8-11-2/h4-8H,3H2,1-2H3/b11-8-. The highest BCUT2D eigenvalue weighted by molar-refractivity contribution is 5.81. The van der Waals surface area contributed by atoms with Gasteiger partial charge in [0.05, 0.1) is 0 Å². The van der Waals surface area contributed by atoms with Gasteiger partial charge in [-0.1, -0.05) is 31.2 Å². The molecule has 0 bridgehead atoms. The third-order valence-electron chi connectivity index (χ3n) is 1.70. The summed E-state index contributed by atoms with van der Waals surface area (Å²) in [5.74, 6) is 0. The molecule has 0 aliphatic carbocycles. The van der Waals surface area contributed by atoms with Crippen molar-refractivity contribution in [2.24, 2.45) is 4.99 Å². The SMILES string of the molecule is CCc1ccccc1/C=N\C. The lowest BCUT2D eigenvalue weighted by Crippen LogP contribution is -1.89. The Morgan fingerprint density at radius 2 is 2.09 bits per heavy atom. The predicted molar refractivity (Wildman–Crippen MR) is 49.3 cm³/mol. The predicted octanol–water partition coefficient (Wildman–Crippen LogP) is 2.30. The van der Waals surface area contributed by atoms with Crippen LogP contribution in [0.2, 0.25) is 0 Å². The van der Waals surface area contributed by atoms with E-state index in [1.165, 1.54) is 11.1 Å². The second kappa shape index (κ2) is 3.91. The molecule has 0 unspecified atom stereocenters. The lowest BCUT2D eigenvalue weighted by molar-refractivity contribution is 1.13. The van der Waals surface area contributed by atoms with Crippen molar-refractivity contribution in [3.8, 4) is 0 Å². The van der Waals surface area contributed by atoms with E-state index in [1.807, 2.05) is 12.3 Å². The number of hydrogen-bond acceptors (Lipinski definition) is 1. The van der Waals surface area contributed by atoms with E-state index < -0.39 is 0 Å². The molecule has 0 radical (unpaired) electrons. The molecule has 0 aliphatic heterocycles. The van der Waals surface area contributed by atoms with Crippen LogP contribution in [0.25, 0.3) is 0 Å². The minimum absolute atomic E-state index is 1.07. The zero-order valence-corrected chi connectivity index (χ0v) is 7.04. The van der Waals surface area contributed by atoms with Gasteiger partial charge in [0, 0.05) is 13.3 Å². The summed E-state index contributed by atoms with van der Waals surface area (Å²) in [6, 6.07) is 8.32. The molecule has 1 nitrogen and oxygen atoms in total. The first-order chi connectivity index (χ1) is 5.38. The first-order valence-electron chi connectivity index (χ1n) is 3.88. The van der Waals surface area contributed by atoms with Gasteiger partial charge in [0.25, 0.3) is 0 Å². The zero-order valence-electron chi connectivity index (χ0n) is 7.04. The Kier molecular flexibility index (Phi) is 2.84. The van der Waals surface area contributed by atoms with Crippen LogP contribution in [0.5, 0.6) is 0 Å². The monoisotopic (exact) mass is 147 g/mol. The average molecular weight is 147 g/mol. The average Bonchev–Trinajstić information content (AvgIpc) is 2.06. The highest BCUT2D eigenvalue weighted by Crippen LogP contribution is 2.06. The Hall–Kier alpha value is -1.11. The Labute approximate surface area is 67.8 Å². The van der Waals surface area contributed by atoms with E-state index in [2.05, 4.69) is 30.1 Å². The Bertz CT molecular complexity index is 251. The Morgan fingerprint density at radius 1 is 1.36 bits per heavy atom. The van der Waals surface area contributed by atoms with Crippen molar-refractivity contribution in [1.82, 2.24) is 0 Å². The van der Waals surface area contributed by atoms with Gasteiger partial charge in [0.15, 0.2) is 0 Å². The Morgan fingerprint density at radius 3 is 2.73 bits per heavy atom. The molecule has 0 atom stereocenters. The van der Waals surface area contributed by atoms with Crippen LogP contribution in [0.3, 0.4) is 0 Å². The maximum absolute atomic E-state index is 3.99. The van der Waals surface area contributed by atoms with Crippen molar-refractivity contribution < 1.29 is 0 Å². The molecule has 58 valence electrons. The topological polar surface area (TPSA) is 12.4 Å². The second-order valence-electron chi connectivity index (χ2n) is 2.44. The van der Waals surface area contributed by atoms with E-state index in [0.717, 1.165) is 6.42 Å². The second-order valence-corrected chi connectivity index (χ2v) is 2.44. The van der Waals surface area contributed by atoms with Crippen LogP contribution in [-0.2, 0) is 6.42 Å². The number of benzene rings is 1. The molecule has 0 saturated carbocycles. The Balaban J connectivity index is 3.02. The fraction of sp³-hybridized carbons (Fsp3) is 0.300. The van der Waals surface area contributed by atoms with E-state index in [1.54, 1.807) is 7.05 Å². The number of nitrogens with zero attached hydrogens (tertiary/aromatic N) is 1. The summed E-state index contributed by atoms with van der Waals surface area (Å²) >= 11 is 0. The van der Waals surface area contributed by atoms with Crippen LogP contribution >= 0.6 is 0 Å². The van der Waals surface area contributed by atoms with Gasteiger partial charge in [0.1, 0.15) is 0 Å². The maximum atomic E-state index is 3.99.